The molecule has 3 nitrogen and oxygen atoms in total. The molecule has 2 aliphatic carbocycles. The van der Waals surface area contributed by atoms with Gasteiger partial charge in [0.2, 0.25) is 6.29 Å². The Balaban J connectivity index is 1.81. The number of rotatable bonds is 3. The van der Waals surface area contributed by atoms with Crippen molar-refractivity contribution in [3.05, 3.63) is 23.8 Å². The molecule has 5 atom stereocenters. The van der Waals surface area contributed by atoms with Gasteiger partial charge >= 0.3 is 5.97 Å². The van der Waals surface area contributed by atoms with Crippen LogP contribution in [0.3, 0.4) is 0 Å². The lowest BCUT2D eigenvalue weighted by Crippen LogP contribution is -2.50. The topological polar surface area (TPSA) is 46.5 Å². The van der Waals surface area contributed by atoms with Crippen LogP contribution in [0.5, 0.6) is 0 Å². The highest BCUT2D eigenvalue weighted by molar-refractivity contribution is 5.85. The lowest BCUT2D eigenvalue weighted by molar-refractivity contribution is -0.151. The monoisotopic (exact) mass is 318 g/mol. The van der Waals surface area contributed by atoms with Crippen molar-refractivity contribution < 1.29 is 14.6 Å². The van der Waals surface area contributed by atoms with Crippen LogP contribution >= 0.6 is 0 Å². The van der Waals surface area contributed by atoms with Crippen molar-refractivity contribution in [2.24, 2.45) is 22.7 Å². The highest BCUT2D eigenvalue weighted by Gasteiger charge is 2.53. The third-order valence-electron chi connectivity index (χ3n) is 7.37. The van der Waals surface area contributed by atoms with E-state index in [9.17, 15) is 9.90 Å². The molecule has 0 radical (unpaired) electrons. The van der Waals surface area contributed by atoms with Gasteiger partial charge in [0.05, 0.1) is 0 Å². The largest absolute Gasteiger partial charge is 0.429 e. The van der Waals surface area contributed by atoms with Gasteiger partial charge in [0.25, 0.3) is 0 Å². The van der Waals surface area contributed by atoms with Crippen LogP contribution in [0.15, 0.2) is 23.8 Å². The number of hydrogen-bond donors (Lipinski definition) is 1. The zero-order valence-electron chi connectivity index (χ0n) is 14.7. The van der Waals surface area contributed by atoms with Crippen molar-refractivity contribution in [3.8, 4) is 0 Å². The Morgan fingerprint density at radius 2 is 2.13 bits per heavy atom. The van der Waals surface area contributed by atoms with Crippen LogP contribution in [0, 0.1) is 22.7 Å². The van der Waals surface area contributed by atoms with Crippen LogP contribution < -0.4 is 0 Å². The summed E-state index contributed by atoms with van der Waals surface area (Å²) < 4.78 is 4.83. The Morgan fingerprint density at radius 3 is 2.78 bits per heavy atom. The van der Waals surface area contributed by atoms with Crippen molar-refractivity contribution in [1.82, 2.24) is 0 Å². The number of esters is 1. The van der Waals surface area contributed by atoms with E-state index in [-0.39, 0.29) is 10.8 Å². The molecule has 128 valence electrons. The Bertz CT molecular complexity index is 549. The molecule has 1 heterocycles. The van der Waals surface area contributed by atoms with Crippen molar-refractivity contribution in [2.75, 3.05) is 0 Å². The summed E-state index contributed by atoms with van der Waals surface area (Å²) >= 11 is 0. The second-order valence-corrected chi connectivity index (χ2v) is 8.42. The number of cyclic esters (lactones) is 1. The molecule has 2 unspecified atom stereocenters. The first-order chi connectivity index (χ1) is 10.8. The first kappa shape index (κ1) is 16.8. The maximum absolute atomic E-state index is 11.3. The van der Waals surface area contributed by atoms with Gasteiger partial charge in [-0.25, -0.2) is 4.79 Å². The summed E-state index contributed by atoms with van der Waals surface area (Å²) in [4.78, 5) is 11.3. The van der Waals surface area contributed by atoms with Crippen molar-refractivity contribution in [2.45, 2.75) is 72.0 Å². The number of allylic oxidation sites excluding steroid dienone is 1. The Morgan fingerprint density at radius 1 is 1.39 bits per heavy atom. The fraction of sp³-hybridized carbons (Fsp3) is 0.750. The van der Waals surface area contributed by atoms with E-state index < -0.39 is 12.3 Å². The minimum absolute atomic E-state index is 0.225. The first-order valence-corrected chi connectivity index (χ1v) is 9.05. The van der Waals surface area contributed by atoms with Crippen molar-refractivity contribution in [3.63, 3.8) is 0 Å². The third kappa shape index (κ3) is 2.67. The van der Waals surface area contributed by atoms with Gasteiger partial charge in [0.15, 0.2) is 0 Å². The van der Waals surface area contributed by atoms with E-state index in [0.717, 1.165) is 18.4 Å². The normalized spacial score (nSPS) is 43.8. The predicted octanol–water partition coefficient (Wildman–Crippen LogP) is 4.37. The number of carbonyl (C=O) groups excluding carboxylic acids is 1. The third-order valence-corrected chi connectivity index (χ3v) is 7.37. The molecular formula is C20H30O3. The maximum Gasteiger partial charge on any atom is 0.333 e. The van der Waals surface area contributed by atoms with Crippen LogP contribution in [0.2, 0.25) is 0 Å². The van der Waals surface area contributed by atoms with Gasteiger partial charge in [-0.2, -0.15) is 0 Å². The first-order valence-electron chi connectivity index (χ1n) is 9.05. The van der Waals surface area contributed by atoms with Crippen LogP contribution in [0.4, 0.5) is 0 Å². The molecule has 0 spiro atoms. The molecule has 0 bridgehead atoms. The molecule has 0 aromatic heterocycles. The molecule has 2 saturated carbocycles. The maximum atomic E-state index is 11.3. The molecule has 0 amide bonds. The second-order valence-electron chi connectivity index (χ2n) is 8.42. The van der Waals surface area contributed by atoms with E-state index in [1.54, 1.807) is 0 Å². The van der Waals surface area contributed by atoms with Crippen LogP contribution in [-0.2, 0) is 9.53 Å². The summed E-state index contributed by atoms with van der Waals surface area (Å²) in [5, 5.41) is 9.84. The number of hydrogen-bond acceptors (Lipinski definition) is 3. The molecule has 3 heteroatoms. The van der Waals surface area contributed by atoms with Gasteiger partial charge in [-0.3, -0.25) is 0 Å². The van der Waals surface area contributed by atoms with E-state index in [2.05, 4.69) is 27.4 Å². The summed E-state index contributed by atoms with van der Waals surface area (Å²) in [6.07, 6.45) is 8.36. The van der Waals surface area contributed by atoms with Crippen molar-refractivity contribution in [1.29, 1.82) is 0 Å². The molecule has 1 N–H and O–H groups in total. The van der Waals surface area contributed by atoms with E-state index in [1.165, 1.54) is 43.8 Å². The minimum atomic E-state index is -1.03. The average Bonchev–Trinajstić information content (AvgIpc) is 2.82. The van der Waals surface area contributed by atoms with E-state index >= 15 is 0 Å². The van der Waals surface area contributed by atoms with Crippen LogP contribution in [0.25, 0.3) is 0 Å². The predicted molar refractivity (Wildman–Crippen MR) is 90.5 cm³/mol. The summed E-state index contributed by atoms with van der Waals surface area (Å²) in [6, 6.07) is 0. The number of carbonyl (C=O) groups is 1. The SMILES string of the molecule is C=C1CCCC2[C@@]1(C)CC[C@@H](C)[C@]2(C)CCC1=CC(=O)OC1O. The summed E-state index contributed by atoms with van der Waals surface area (Å²) in [7, 11) is 0. The van der Waals surface area contributed by atoms with Gasteiger partial charge in [0, 0.05) is 11.6 Å². The van der Waals surface area contributed by atoms with E-state index in [0.29, 0.717) is 11.8 Å². The van der Waals surface area contributed by atoms with Gasteiger partial charge in [-0.15, -0.1) is 0 Å². The quantitative estimate of drug-likeness (QED) is 0.621. The molecule has 0 saturated heterocycles. The number of aliphatic hydroxyl groups is 1. The number of aliphatic hydroxyl groups excluding tert-OH is 1. The Hall–Kier alpha value is -1.09. The summed E-state index contributed by atoms with van der Waals surface area (Å²) in [5.41, 5.74) is 2.66. The average molecular weight is 318 g/mol. The molecule has 3 rings (SSSR count). The van der Waals surface area contributed by atoms with Gasteiger partial charge < -0.3 is 9.84 Å². The zero-order chi connectivity index (χ0) is 16.8. The molecule has 23 heavy (non-hydrogen) atoms. The van der Waals surface area contributed by atoms with E-state index in [4.69, 9.17) is 4.74 Å². The van der Waals surface area contributed by atoms with Crippen LogP contribution in [-0.4, -0.2) is 17.4 Å². The van der Waals surface area contributed by atoms with Gasteiger partial charge in [-0.05, 0) is 67.6 Å². The molecule has 3 aliphatic rings. The lowest BCUT2D eigenvalue weighted by atomic mass is 9.46. The summed E-state index contributed by atoms with van der Waals surface area (Å²) in [5.74, 6) is 0.892. The lowest BCUT2D eigenvalue weighted by Gasteiger charge is -2.59. The molecule has 1 aliphatic heterocycles. The smallest absolute Gasteiger partial charge is 0.333 e. The van der Waals surface area contributed by atoms with Crippen molar-refractivity contribution >= 4 is 5.97 Å². The fourth-order valence-electron chi connectivity index (χ4n) is 5.44. The molecular weight excluding hydrogens is 288 g/mol. The fourth-order valence-corrected chi connectivity index (χ4v) is 5.44. The standard InChI is InChI=1S/C20H30O3/c1-13-6-5-7-16-19(13,3)10-8-14(2)20(16,4)11-9-15-12-17(21)23-18(15)22/h12,14,16,18,22H,1,5-11H2,2-4H3/t14-,16?,18?,19+,20+/m1/s1. The molecule has 2 fully saturated rings. The zero-order valence-corrected chi connectivity index (χ0v) is 14.7. The Labute approximate surface area is 139 Å². The van der Waals surface area contributed by atoms with Gasteiger partial charge in [-0.1, -0.05) is 32.9 Å². The van der Waals surface area contributed by atoms with E-state index in [1.807, 2.05) is 0 Å². The second kappa shape index (κ2) is 5.77. The minimum Gasteiger partial charge on any atom is -0.429 e. The molecule has 0 aromatic carbocycles. The van der Waals surface area contributed by atoms with Crippen LogP contribution in [0.1, 0.15) is 65.7 Å². The highest BCUT2D eigenvalue weighted by atomic mass is 16.6. The Kier molecular flexibility index (Phi) is 4.20. The molecule has 0 aromatic rings. The highest BCUT2D eigenvalue weighted by Crippen LogP contribution is 2.62. The summed E-state index contributed by atoms with van der Waals surface area (Å²) in [6.45, 7) is 11.6. The number of fused-ring (bicyclic) bond motifs is 1. The number of ether oxygens (including phenoxy) is 1. The van der Waals surface area contributed by atoms with Gasteiger partial charge in [0.1, 0.15) is 0 Å².